The van der Waals surface area contributed by atoms with Gasteiger partial charge in [0.25, 0.3) is 0 Å². The zero-order valence-corrected chi connectivity index (χ0v) is 11.0. The number of hydrogen-bond donors (Lipinski definition) is 0. The topological polar surface area (TPSA) is 38.2 Å². The van der Waals surface area contributed by atoms with Crippen molar-refractivity contribution in [1.29, 1.82) is 0 Å². The molecular weight excluding hydrogens is 238 g/mol. The summed E-state index contributed by atoms with van der Waals surface area (Å²) < 4.78 is 5.91. The van der Waals surface area contributed by atoms with Gasteiger partial charge in [0.05, 0.1) is 12.7 Å². The van der Waals surface area contributed by atoms with Crippen LogP contribution in [-0.4, -0.2) is 29.2 Å². The summed E-state index contributed by atoms with van der Waals surface area (Å²) in [6, 6.07) is 10.3. The van der Waals surface area contributed by atoms with Crippen LogP contribution in [0, 0.1) is 6.92 Å². The highest BCUT2D eigenvalue weighted by Crippen LogP contribution is 2.20. The Hall–Kier alpha value is -1.94. The average Bonchev–Trinajstić information content (AvgIpc) is 2.40. The Labute approximate surface area is 113 Å². The normalized spacial score (nSPS) is 15.3. The second-order valence-corrected chi connectivity index (χ2v) is 4.83. The molecule has 0 radical (unpaired) electrons. The van der Waals surface area contributed by atoms with E-state index in [0.29, 0.717) is 12.7 Å². The smallest absolute Gasteiger partial charge is 0.132 e. The minimum atomic E-state index is 0.301. The average molecular weight is 255 g/mol. The van der Waals surface area contributed by atoms with E-state index in [9.17, 15) is 0 Å². The lowest BCUT2D eigenvalue weighted by Crippen LogP contribution is -2.52. The van der Waals surface area contributed by atoms with E-state index in [2.05, 4.69) is 46.1 Å². The molecule has 2 aromatic rings. The first-order valence-electron chi connectivity index (χ1n) is 6.50. The van der Waals surface area contributed by atoms with Crippen LogP contribution < -0.4 is 4.90 Å². The third-order valence-electron chi connectivity index (χ3n) is 3.47. The number of nitrogens with zero attached hydrogens (tertiary/aromatic N) is 3. The summed E-state index contributed by atoms with van der Waals surface area (Å²) in [4.78, 5) is 10.3. The van der Waals surface area contributed by atoms with Crippen LogP contribution in [0.15, 0.2) is 42.9 Å². The summed E-state index contributed by atoms with van der Waals surface area (Å²) in [5.74, 6) is 0.978. The Balaban J connectivity index is 1.49. The van der Waals surface area contributed by atoms with Crippen LogP contribution >= 0.6 is 0 Å². The fourth-order valence-corrected chi connectivity index (χ4v) is 2.18. The molecule has 0 atom stereocenters. The molecule has 1 aromatic carbocycles. The Bertz CT molecular complexity index is 538. The Kier molecular flexibility index (Phi) is 3.42. The molecule has 4 nitrogen and oxygen atoms in total. The van der Waals surface area contributed by atoms with Crippen molar-refractivity contribution < 1.29 is 4.74 Å². The highest BCUT2D eigenvalue weighted by molar-refractivity contribution is 5.40. The first kappa shape index (κ1) is 12.1. The van der Waals surface area contributed by atoms with Crippen LogP contribution in [0.4, 0.5) is 5.82 Å². The molecule has 19 heavy (non-hydrogen) atoms. The molecule has 0 unspecified atom stereocenters. The molecule has 98 valence electrons. The molecular formula is C15H17N3O. The van der Waals surface area contributed by atoms with Gasteiger partial charge >= 0.3 is 0 Å². The van der Waals surface area contributed by atoms with Crippen LogP contribution in [0.3, 0.4) is 0 Å². The summed E-state index contributed by atoms with van der Waals surface area (Å²) >= 11 is 0. The van der Waals surface area contributed by atoms with Gasteiger partial charge in [0.15, 0.2) is 0 Å². The van der Waals surface area contributed by atoms with Crippen molar-refractivity contribution in [3.63, 3.8) is 0 Å². The molecule has 0 amide bonds. The van der Waals surface area contributed by atoms with Crippen LogP contribution in [-0.2, 0) is 11.3 Å². The summed E-state index contributed by atoms with van der Waals surface area (Å²) in [7, 11) is 0. The lowest BCUT2D eigenvalue weighted by atomic mass is 10.1. The number of rotatable bonds is 4. The maximum atomic E-state index is 5.91. The van der Waals surface area contributed by atoms with Gasteiger partial charge in [0.1, 0.15) is 12.1 Å². The SMILES string of the molecule is Cc1ccccc1COC1CN(c2ccncn2)C1. The van der Waals surface area contributed by atoms with Crippen molar-refractivity contribution in [3.8, 4) is 0 Å². The van der Waals surface area contributed by atoms with Gasteiger partial charge in [-0.2, -0.15) is 0 Å². The van der Waals surface area contributed by atoms with Gasteiger partial charge in [-0.1, -0.05) is 24.3 Å². The molecule has 0 spiro atoms. The summed E-state index contributed by atoms with van der Waals surface area (Å²) in [6.07, 6.45) is 3.65. The maximum Gasteiger partial charge on any atom is 0.132 e. The molecule has 0 bridgehead atoms. The van der Waals surface area contributed by atoms with E-state index in [1.54, 1.807) is 12.5 Å². The van der Waals surface area contributed by atoms with E-state index in [1.165, 1.54) is 11.1 Å². The van der Waals surface area contributed by atoms with E-state index in [0.717, 1.165) is 18.9 Å². The standard InChI is InChI=1S/C15H17N3O/c1-12-4-2-3-5-13(12)10-19-14-8-18(9-14)15-6-7-16-11-17-15/h2-7,11,14H,8-10H2,1H3. The van der Waals surface area contributed by atoms with Crippen molar-refractivity contribution in [1.82, 2.24) is 9.97 Å². The van der Waals surface area contributed by atoms with E-state index >= 15 is 0 Å². The molecule has 0 N–H and O–H groups in total. The molecule has 0 saturated carbocycles. The van der Waals surface area contributed by atoms with Crippen LogP contribution in [0.2, 0.25) is 0 Å². The van der Waals surface area contributed by atoms with Crippen molar-refractivity contribution in [2.45, 2.75) is 19.6 Å². The number of aryl methyl sites for hydroxylation is 1. The third-order valence-corrected chi connectivity index (χ3v) is 3.47. The monoisotopic (exact) mass is 255 g/mol. The zero-order chi connectivity index (χ0) is 13.1. The Morgan fingerprint density at radius 2 is 2.11 bits per heavy atom. The fraction of sp³-hybridized carbons (Fsp3) is 0.333. The lowest BCUT2D eigenvalue weighted by molar-refractivity contribution is 0.0218. The van der Waals surface area contributed by atoms with Crippen molar-refractivity contribution in [3.05, 3.63) is 54.0 Å². The van der Waals surface area contributed by atoms with Gasteiger partial charge in [-0.15, -0.1) is 0 Å². The van der Waals surface area contributed by atoms with Crippen LogP contribution in [0.25, 0.3) is 0 Å². The predicted octanol–water partition coefficient (Wildman–Crippen LogP) is 2.19. The molecule has 3 rings (SSSR count). The minimum Gasteiger partial charge on any atom is -0.370 e. The van der Waals surface area contributed by atoms with Gasteiger partial charge in [0.2, 0.25) is 0 Å². The number of benzene rings is 1. The molecule has 1 saturated heterocycles. The predicted molar refractivity (Wildman–Crippen MR) is 74.0 cm³/mol. The van der Waals surface area contributed by atoms with Gasteiger partial charge in [-0.3, -0.25) is 0 Å². The van der Waals surface area contributed by atoms with E-state index in [1.807, 2.05) is 6.07 Å². The van der Waals surface area contributed by atoms with E-state index in [4.69, 9.17) is 4.74 Å². The fourth-order valence-electron chi connectivity index (χ4n) is 2.18. The second-order valence-electron chi connectivity index (χ2n) is 4.83. The van der Waals surface area contributed by atoms with Gasteiger partial charge in [0, 0.05) is 19.3 Å². The number of anilines is 1. The lowest BCUT2D eigenvalue weighted by Gasteiger charge is -2.39. The van der Waals surface area contributed by atoms with Crippen LogP contribution in [0.5, 0.6) is 0 Å². The van der Waals surface area contributed by atoms with Gasteiger partial charge in [-0.05, 0) is 24.1 Å². The molecule has 1 fully saturated rings. The molecule has 4 heteroatoms. The Morgan fingerprint density at radius 1 is 1.26 bits per heavy atom. The van der Waals surface area contributed by atoms with E-state index in [-0.39, 0.29) is 0 Å². The zero-order valence-electron chi connectivity index (χ0n) is 11.0. The second kappa shape index (κ2) is 5.36. The van der Waals surface area contributed by atoms with E-state index < -0.39 is 0 Å². The summed E-state index contributed by atoms with van der Waals surface area (Å²) in [5.41, 5.74) is 2.55. The summed E-state index contributed by atoms with van der Waals surface area (Å²) in [6.45, 7) is 4.62. The molecule has 1 aromatic heterocycles. The van der Waals surface area contributed by atoms with Crippen molar-refractivity contribution in [2.75, 3.05) is 18.0 Å². The highest BCUT2D eigenvalue weighted by Gasteiger charge is 2.28. The van der Waals surface area contributed by atoms with Gasteiger partial charge < -0.3 is 9.64 Å². The number of aromatic nitrogens is 2. The first-order valence-corrected chi connectivity index (χ1v) is 6.50. The first-order chi connectivity index (χ1) is 9.33. The largest absolute Gasteiger partial charge is 0.370 e. The van der Waals surface area contributed by atoms with Crippen molar-refractivity contribution >= 4 is 5.82 Å². The molecule has 0 aliphatic carbocycles. The third kappa shape index (κ3) is 2.74. The molecule has 1 aliphatic heterocycles. The Morgan fingerprint density at radius 3 is 2.84 bits per heavy atom. The minimum absolute atomic E-state index is 0.301. The number of hydrogen-bond acceptors (Lipinski definition) is 4. The maximum absolute atomic E-state index is 5.91. The quantitative estimate of drug-likeness (QED) is 0.839. The summed E-state index contributed by atoms with van der Waals surface area (Å²) in [5, 5.41) is 0. The van der Waals surface area contributed by atoms with Crippen LogP contribution in [0.1, 0.15) is 11.1 Å². The number of ether oxygens (including phenoxy) is 1. The van der Waals surface area contributed by atoms with Gasteiger partial charge in [-0.25, -0.2) is 9.97 Å². The molecule has 2 heterocycles. The molecule has 1 aliphatic rings. The van der Waals surface area contributed by atoms with Crippen molar-refractivity contribution in [2.24, 2.45) is 0 Å². The highest BCUT2D eigenvalue weighted by atomic mass is 16.5.